The summed E-state index contributed by atoms with van der Waals surface area (Å²) in [5.74, 6) is 0. The van der Waals surface area contributed by atoms with Crippen LogP contribution < -0.4 is 0 Å². The van der Waals surface area contributed by atoms with E-state index >= 15 is 0 Å². The van der Waals surface area contributed by atoms with Gasteiger partial charge in [-0.1, -0.05) is 17.7 Å². The Morgan fingerprint density at radius 3 is 2.75 bits per heavy atom. The number of hydrogen-bond donors (Lipinski definition) is 0. The highest BCUT2D eigenvalue weighted by Crippen LogP contribution is 2.29. The first-order valence-corrected chi connectivity index (χ1v) is 4.88. The summed E-state index contributed by atoms with van der Waals surface area (Å²) in [6.07, 6.45) is 3.43. The number of aryl methyl sites for hydroxylation is 1. The number of nitro benzene ring substituents is 1. The smallest absolute Gasteiger partial charge is 0.275 e. The Morgan fingerprint density at radius 1 is 1.44 bits per heavy atom. The van der Waals surface area contributed by atoms with E-state index in [0.29, 0.717) is 0 Å². The number of nitrogens with zero attached hydrogens (tertiary/aromatic N) is 3. The minimum absolute atomic E-state index is 0.0944. The fourth-order valence-corrected chi connectivity index (χ4v) is 1.59. The Morgan fingerprint density at radius 2 is 2.19 bits per heavy atom. The molecule has 0 atom stereocenters. The predicted octanol–water partition coefficient (Wildman–Crippen LogP) is 2.65. The second-order valence-electron chi connectivity index (χ2n) is 3.33. The van der Waals surface area contributed by atoms with Crippen LogP contribution in [0.5, 0.6) is 0 Å². The van der Waals surface area contributed by atoms with Gasteiger partial charge in [0.15, 0.2) is 0 Å². The Bertz CT molecular complexity index is 551. The summed E-state index contributed by atoms with van der Waals surface area (Å²) in [5, 5.41) is 14.9. The van der Waals surface area contributed by atoms with Gasteiger partial charge in [-0.15, -0.1) is 0 Å². The SMILES string of the molecule is Cn1cc(-c2ccc(Cl)c([N+](=O)[O-])c2)cn1. The van der Waals surface area contributed by atoms with Crippen LogP contribution in [-0.4, -0.2) is 14.7 Å². The Hall–Kier alpha value is -1.88. The lowest BCUT2D eigenvalue weighted by Gasteiger charge is -1.99. The Balaban J connectivity index is 2.51. The van der Waals surface area contributed by atoms with Crippen LogP contribution in [0, 0.1) is 10.1 Å². The number of hydrogen-bond acceptors (Lipinski definition) is 3. The molecule has 82 valence electrons. The van der Waals surface area contributed by atoms with Crippen LogP contribution in [0.4, 0.5) is 5.69 Å². The van der Waals surface area contributed by atoms with Crippen LogP contribution in [0.1, 0.15) is 0 Å². The molecular formula is C10H8ClN3O2. The predicted molar refractivity (Wildman–Crippen MR) is 60.3 cm³/mol. The maximum Gasteiger partial charge on any atom is 0.288 e. The topological polar surface area (TPSA) is 61.0 Å². The Kier molecular flexibility index (Phi) is 2.62. The van der Waals surface area contributed by atoms with Crippen molar-refractivity contribution < 1.29 is 4.92 Å². The average molecular weight is 238 g/mol. The first kappa shape index (κ1) is 10.6. The van der Waals surface area contributed by atoms with E-state index in [1.54, 1.807) is 30.2 Å². The van der Waals surface area contributed by atoms with Crippen molar-refractivity contribution in [3.8, 4) is 11.1 Å². The molecule has 2 aromatic rings. The van der Waals surface area contributed by atoms with E-state index in [9.17, 15) is 10.1 Å². The molecule has 0 aliphatic carbocycles. The van der Waals surface area contributed by atoms with Crippen molar-refractivity contribution in [1.82, 2.24) is 9.78 Å². The second kappa shape index (κ2) is 3.94. The van der Waals surface area contributed by atoms with Crippen LogP contribution >= 0.6 is 11.6 Å². The number of benzene rings is 1. The highest BCUT2D eigenvalue weighted by atomic mass is 35.5. The van der Waals surface area contributed by atoms with E-state index in [2.05, 4.69) is 5.10 Å². The molecule has 1 heterocycles. The van der Waals surface area contributed by atoms with Crippen molar-refractivity contribution in [3.63, 3.8) is 0 Å². The fourth-order valence-electron chi connectivity index (χ4n) is 1.40. The van der Waals surface area contributed by atoms with Crippen LogP contribution in [0.3, 0.4) is 0 Å². The molecule has 0 N–H and O–H groups in total. The van der Waals surface area contributed by atoms with E-state index in [4.69, 9.17) is 11.6 Å². The molecule has 0 saturated heterocycles. The van der Waals surface area contributed by atoms with Gasteiger partial charge in [0.2, 0.25) is 0 Å². The van der Waals surface area contributed by atoms with E-state index in [1.807, 2.05) is 0 Å². The summed E-state index contributed by atoms with van der Waals surface area (Å²) in [5.41, 5.74) is 1.45. The van der Waals surface area contributed by atoms with Gasteiger partial charge in [-0.3, -0.25) is 14.8 Å². The van der Waals surface area contributed by atoms with Gasteiger partial charge in [0, 0.05) is 24.9 Å². The minimum Gasteiger partial charge on any atom is -0.275 e. The monoisotopic (exact) mass is 237 g/mol. The molecule has 0 unspecified atom stereocenters. The third-order valence-corrected chi connectivity index (χ3v) is 2.50. The van der Waals surface area contributed by atoms with Gasteiger partial charge in [-0.05, 0) is 11.6 Å². The largest absolute Gasteiger partial charge is 0.288 e. The zero-order valence-corrected chi connectivity index (χ0v) is 9.18. The van der Waals surface area contributed by atoms with E-state index in [1.165, 1.54) is 12.1 Å². The van der Waals surface area contributed by atoms with Gasteiger partial charge in [0.05, 0.1) is 11.1 Å². The Labute approximate surface area is 96.4 Å². The molecule has 0 aliphatic rings. The molecule has 0 fully saturated rings. The van der Waals surface area contributed by atoms with Crippen molar-refractivity contribution in [1.29, 1.82) is 0 Å². The molecule has 1 aromatic carbocycles. The highest BCUT2D eigenvalue weighted by Gasteiger charge is 2.13. The summed E-state index contributed by atoms with van der Waals surface area (Å²) in [4.78, 5) is 10.2. The third kappa shape index (κ3) is 1.90. The average Bonchev–Trinajstić information content (AvgIpc) is 2.65. The molecule has 0 spiro atoms. The van der Waals surface area contributed by atoms with Gasteiger partial charge in [-0.2, -0.15) is 5.10 Å². The third-order valence-electron chi connectivity index (χ3n) is 2.18. The molecule has 0 saturated carbocycles. The van der Waals surface area contributed by atoms with Crippen molar-refractivity contribution in [2.45, 2.75) is 0 Å². The van der Waals surface area contributed by atoms with Gasteiger partial charge in [-0.25, -0.2) is 0 Å². The quantitative estimate of drug-likeness (QED) is 0.596. The van der Waals surface area contributed by atoms with Crippen molar-refractivity contribution in [3.05, 3.63) is 45.7 Å². The summed E-state index contributed by atoms with van der Waals surface area (Å²) < 4.78 is 1.63. The van der Waals surface area contributed by atoms with Gasteiger partial charge in [0.25, 0.3) is 5.69 Å². The van der Waals surface area contributed by atoms with Crippen molar-refractivity contribution in [2.75, 3.05) is 0 Å². The lowest BCUT2D eigenvalue weighted by Crippen LogP contribution is -1.89. The van der Waals surface area contributed by atoms with Crippen LogP contribution in [-0.2, 0) is 7.05 Å². The van der Waals surface area contributed by atoms with E-state index < -0.39 is 4.92 Å². The van der Waals surface area contributed by atoms with Crippen molar-refractivity contribution in [2.24, 2.45) is 7.05 Å². The summed E-state index contributed by atoms with van der Waals surface area (Å²) in [6, 6.07) is 4.69. The molecule has 0 aliphatic heterocycles. The maximum absolute atomic E-state index is 10.7. The number of nitro groups is 1. The van der Waals surface area contributed by atoms with Crippen LogP contribution in [0.2, 0.25) is 5.02 Å². The lowest BCUT2D eigenvalue weighted by atomic mass is 10.1. The molecule has 2 rings (SSSR count). The second-order valence-corrected chi connectivity index (χ2v) is 3.73. The van der Waals surface area contributed by atoms with Crippen LogP contribution in [0.15, 0.2) is 30.6 Å². The minimum atomic E-state index is -0.498. The maximum atomic E-state index is 10.7. The standard InChI is InChI=1S/C10H8ClN3O2/c1-13-6-8(5-12-13)7-2-3-9(11)10(4-7)14(15)16/h2-6H,1H3. The molecule has 0 amide bonds. The van der Waals surface area contributed by atoms with E-state index in [0.717, 1.165) is 11.1 Å². The summed E-state index contributed by atoms with van der Waals surface area (Å²) >= 11 is 5.72. The van der Waals surface area contributed by atoms with Gasteiger partial charge in [0.1, 0.15) is 5.02 Å². The van der Waals surface area contributed by atoms with Gasteiger partial charge < -0.3 is 0 Å². The first-order chi connectivity index (χ1) is 7.58. The molecular weight excluding hydrogens is 230 g/mol. The zero-order chi connectivity index (χ0) is 11.7. The molecule has 6 heteroatoms. The zero-order valence-electron chi connectivity index (χ0n) is 8.42. The fraction of sp³-hybridized carbons (Fsp3) is 0.100. The van der Waals surface area contributed by atoms with Crippen LogP contribution in [0.25, 0.3) is 11.1 Å². The number of halogens is 1. The number of aromatic nitrogens is 2. The molecule has 0 radical (unpaired) electrons. The number of rotatable bonds is 2. The van der Waals surface area contributed by atoms with Crippen molar-refractivity contribution >= 4 is 17.3 Å². The summed E-state index contributed by atoms with van der Waals surface area (Å²) in [6.45, 7) is 0. The summed E-state index contributed by atoms with van der Waals surface area (Å²) in [7, 11) is 1.79. The first-order valence-electron chi connectivity index (χ1n) is 4.51. The molecule has 0 bridgehead atoms. The molecule has 16 heavy (non-hydrogen) atoms. The van der Waals surface area contributed by atoms with Gasteiger partial charge >= 0.3 is 0 Å². The molecule has 1 aromatic heterocycles. The lowest BCUT2D eigenvalue weighted by molar-refractivity contribution is -0.384. The molecule has 5 nitrogen and oxygen atoms in total. The highest BCUT2D eigenvalue weighted by molar-refractivity contribution is 6.32. The van der Waals surface area contributed by atoms with E-state index in [-0.39, 0.29) is 10.7 Å². The normalized spacial score (nSPS) is 10.4.